The Hall–Kier alpha value is -3.35. The third-order valence-corrected chi connectivity index (χ3v) is 4.05. The molecule has 0 aliphatic rings. The number of hydrogen-bond donors (Lipinski definition) is 4. The Balaban J connectivity index is 1.91. The molecule has 2 aromatic rings. The summed E-state index contributed by atoms with van der Waals surface area (Å²) in [6.45, 7) is 6.18. The van der Waals surface area contributed by atoms with Crippen LogP contribution in [0.1, 0.15) is 36.2 Å². The molecule has 0 bridgehead atoms. The van der Waals surface area contributed by atoms with E-state index >= 15 is 0 Å². The van der Waals surface area contributed by atoms with Gasteiger partial charge in [0.05, 0.1) is 6.54 Å². The highest BCUT2D eigenvalue weighted by Crippen LogP contribution is 2.20. The molecule has 0 spiro atoms. The van der Waals surface area contributed by atoms with Crippen molar-refractivity contribution < 1.29 is 14.4 Å². The molecule has 0 aliphatic carbocycles. The molecule has 0 saturated heterocycles. The second kappa shape index (κ2) is 10.1. The number of benzene rings is 2. The number of anilines is 3. The van der Waals surface area contributed by atoms with E-state index in [9.17, 15) is 14.4 Å². The first-order chi connectivity index (χ1) is 13.4. The maximum absolute atomic E-state index is 12.2. The van der Waals surface area contributed by atoms with Gasteiger partial charge in [-0.3, -0.25) is 14.4 Å². The van der Waals surface area contributed by atoms with Gasteiger partial charge in [-0.05, 0) is 55.8 Å². The highest BCUT2D eigenvalue weighted by Gasteiger charge is 2.08. The monoisotopic (exact) mass is 382 g/mol. The number of carbonyl (C=O) groups is 3. The molecule has 2 rings (SSSR count). The van der Waals surface area contributed by atoms with Crippen LogP contribution in [0, 0.1) is 6.92 Å². The number of hydrogen-bond acceptors (Lipinski definition) is 4. The van der Waals surface area contributed by atoms with E-state index in [0.717, 1.165) is 11.3 Å². The zero-order valence-corrected chi connectivity index (χ0v) is 16.4. The van der Waals surface area contributed by atoms with Gasteiger partial charge in [0.2, 0.25) is 11.8 Å². The van der Waals surface area contributed by atoms with Crippen LogP contribution in [-0.2, 0) is 9.59 Å². The van der Waals surface area contributed by atoms with Crippen LogP contribution < -0.4 is 21.3 Å². The van der Waals surface area contributed by atoms with Crippen LogP contribution in [-0.4, -0.2) is 30.8 Å². The van der Waals surface area contributed by atoms with Crippen LogP contribution in [0.3, 0.4) is 0 Å². The third-order valence-electron chi connectivity index (χ3n) is 4.05. The van der Waals surface area contributed by atoms with Crippen LogP contribution >= 0.6 is 0 Å². The summed E-state index contributed by atoms with van der Waals surface area (Å²) in [5.41, 5.74) is 3.51. The SMILES string of the molecule is CCNC(=O)c1ccc(NCC(=O)Nc2ccc(C)c(NC(=O)CC)c2)cc1. The van der Waals surface area contributed by atoms with E-state index in [0.29, 0.717) is 29.9 Å². The highest BCUT2D eigenvalue weighted by atomic mass is 16.2. The zero-order valence-electron chi connectivity index (χ0n) is 16.4. The van der Waals surface area contributed by atoms with Crippen molar-refractivity contribution in [2.75, 3.05) is 29.0 Å². The van der Waals surface area contributed by atoms with Gasteiger partial charge in [-0.1, -0.05) is 13.0 Å². The Morgan fingerprint density at radius 2 is 1.54 bits per heavy atom. The molecule has 7 heteroatoms. The largest absolute Gasteiger partial charge is 0.376 e. The summed E-state index contributed by atoms with van der Waals surface area (Å²) in [4.78, 5) is 35.5. The predicted molar refractivity (Wildman–Crippen MR) is 112 cm³/mol. The number of amides is 3. The smallest absolute Gasteiger partial charge is 0.251 e. The van der Waals surface area contributed by atoms with E-state index in [1.54, 1.807) is 43.3 Å². The lowest BCUT2D eigenvalue weighted by Gasteiger charge is -2.12. The van der Waals surface area contributed by atoms with Gasteiger partial charge in [-0.25, -0.2) is 0 Å². The first-order valence-electron chi connectivity index (χ1n) is 9.25. The Morgan fingerprint density at radius 1 is 0.857 bits per heavy atom. The number of rotatable bonds is 8. The van der Waals surface area contributed by atoms with Crippen LogP contribution in [0.5, 0.6) is 0 Å². The van der Waals surface area contributed by atoms with E-state index in [2.05, 4.69) is 21.3 Å². The molecule has 4 N–H and O–H groups in total. The topological polar surface area (TPSA) is 99.3 Å². The Labute approximate surface area is 164 Å². The Bertz CT molecular complexity index is 847. The lowest BCUT2D eigenvalue weighted by molar-refractivity contribution is -0.116. The summed E-state index contributed by atoms with van der Waals surface area (Å²) in [6, 6.07) is 12.3. The fourth-order valence-electron chi connectivity index (χ4n) is 2.46. The highest BCUT2D eigenvalue weighted by molar-refractivity contribution is 5.96. The van der Waals surface area contributed by atoms with Gasteiger partial charge in [0, 0.05) is 35.6 Å². The minimum absolute atomic E-state index is 0.0744. The molecule has 0 atom stereocenters. The molecule has 0 unspecified atom stereocenters. The second-order valence-electron chi connectivity index (χ2n) is 6.27. The summed E-state index contributed by atoms with van der Waals surface area (Å²) < 4.78 is 0. The van der Waals surface area contributed by atoms with Crippen molar-refractivity contribution in [1.29, 1.82) is 0 Å². The molecule has 0 heterocycles. The van der Waals surface area contributed by atoms with Crippen LogP contribution in [0.4, 0.5) is 17.1 Å². The van der Waals surface area contributed by atoms with Crippen LogP contribution in [0.2, 0.25) is 0 Å². The Kier molecular flexibility index (Phi) is 7.56. The molecule has 3 amide bonds. The number of aryl methyl sites for hydroxylation is 1. The van der Waals surface area contributed by atoms with Gasteiger partial charge in [0.25, 0.3) is 5.91 Å². The molecule has 0 aliphatic heterocycles. The van der Waals surface area contributed by atoms with Crippen molar-refractivity contribution in [3.8, 4) is 0 Å². The summed E-state index contributed by atoms with van der Waals surface area (Å²) in [5, 5.41) is 11.4. The zero-order chi connectivity index (χ0) is 20.5. The molecule has 2 aromatic carbocycles. The van der Waals surface area contributed by atoms with Crippen molar-refractivity contribution in [1.82, 2.24) is 5.32 Å². The minimum atomic E-state index is -0.218. The number of carbonyl (C=O) groups excluding carboxylic acids is 3. The molecular formula is C21H26N4O3. The van der Waals surface area contributed by atoms with Crippen molar-refractivity contribution in [3.63, 3.8) is 0 Å². The molecule has 148 valence electrons. The summed E-state index contributed by atoms with van der Waals surface area (Å²) in [5.74, 6) is -0.425. The average Bonchev–Trinajstić information content (AvgIpc) is 2.69. The summed E-state index contributed by atoms with van der Waals surface area (Å²) in [6.07, 6.45) is 0.388. The van der Waals surface area contributed by atoms with E-state index in [4.69, 9.17) is 0 Å². The average molecular weight is 382 g/mol. The van der Waals surface area contributed by atoms with Gasteiger partial charge in [0.1, 0.15) is 0 Å². The maximum atomic E-state index is 12.2. The molecule has 7 nitrogen and oxygen atoms in total. The summed E-state index contributed by atoms with van der Waals surface area (Å²) >= 11 is 0. The molecular weight excluding hydrogens is 356 g/mol. The first-order valence-corrected chi connectivity index (χ1v) is 9.25. The van der Waals surface area contributed by atoms with Crippen molar-refractivity contribution in [2.24, 2.45) is 0 Å². The molecule has 0 radical (unpaired) electrons. The fraction of sp³-hybridized carbons (Fsp3) is 0.286. The standard InChI is InChI=1S/C21H26N4O3/c1-4-19(26)25-18-12-17(9-6-14(18)3)24-20(27)13-23-16-10-7-15(8-11-16)21(28)22-5-2/h6-12,23H,4-5,13H2,1-3H3,(H,22,28)(H,24,27)(H,25,26). The molecule has 0 saturated carbocycles. The van der Waals surface area contributed by atoms with Gasteiger partial charge < -0.3 is 21.3 Å². The fourth-order valence-corrected chi connectivity index (χ4v) is 2.46. The van der Waals surface area contributed by atoms with Gasteiger partial charge in [0.15, 0.2) is 0 Å². The number of nitrogens with one attached hydrogen (secondary N) is 4. The van der Waals surface area contributed by atoms with Gasteiger partial charge in [-0.15, -0.1) is 0 Å². The van der Waals surface area contributed by atoms with Crippen LogP contribution in [0.15, 0.2) is 42.5 Å². The van der Waals surface area contributed by atoms with Crippen LogP contribution in [0.25, 0.3) is 0 Å². The van der Waals surface area contributed by atoms with Crippen molar-refractivity contribution in [2.45, 2.75) is 27.2 Å². The molecule has 0 aromatic heterocycles. The molecule has 0 fully saturated rings. The third kappa shape index (κ3) is 6.12. The van der Waals surface area contributed by atoms with E-state index in [1.807, 2.05) is 19.9 Å². The lowest BCUT2D eigenvalue weighted by atomic mass is 10.1. The second-order valence-corrected chi connectivity index (χ2v) is 6.27. The normalized spacial score (nSPS) is 10.1. The quantitative estimate of drug-likeness (QED) is 0.564. The maximum Gasteiger partial charge on any atom is 0.251 e. The first kappa shape index (κ1) is 21.0. The van der Waals surface area contributed by atoms with Gasteiger partial charge in [-0.2, -0.15) is 0 Å². The lowest BCUT2D eigenvalue weighted by Crippen LogP contribution is -2.23. The molecule has 28 heavy (non-hydrogen) atoms. The summed E-state index contributed by atoms with van der Waals surface area (Å²) in [7, 11) is 0. The van der Waals surface area contributed by atoms with E-state index in [-0.39, 0.29) is 24.3 Å². The van der Waals surface area contributed by atoms with Crippen molar-refractivity contribution in [3.05, 3.63) is 53.6 Å². The minimum Gasteiger partial charge on any atom is -0.376 e. The van der Waals surface area contributed by atoms with Gasteiger partial charge >= 0.3 is 0 Å². The predicted octanol–water partition coefficient (Wildman–Crippen LogP) is 3.14. The van der Waals surface area contributed by atoms with E-state index < -0.39 is 0 Å². The van der Waals surface area contributed by atoms with Crippen molar-refractivity contribution >= 4 is 34.8 Å². The van der Waals surface area contributed by atoms with E-state index in [1.165, 1.54) is 0 Å². The Morgan fingerprint density at radius 3 is 2.18 bits per heavy atom.